The Hall–Kier alpha value is -2.54. The van der Waals surface area contributed by atoms with E-state index in [1.165, 1.54) is 12.2 Å². The molecule has 0 aromatic carbocycles. The quantitative estimate of drug-likeness (QED) is 0.560. The summed E-state index contributed by atoms with van der Waals surface area (Å²) in [6, 6.07) is 0. The summed E-state index contributed by atoms with van der Waals surface area (Å²) < 4.78 is 0. The van der Waals surface area contributed by atoms with E-state index in [0.717, 1.165) is 5.57 Å². The van der Waals surface area contributed by atoms with Crippen molar-refractivity contribution in [3.8, 4) is 0 Å². The second-order valence-corrected chi connectivity index (χ2v) is 4.25. The minimum atomic E-state index is -1.26. The molecule has 2 rings (SSSR count). The molecule has 0 aromatic rings. The average molecular weight is 252 g/mol. The molecule has 4 nitrogen and oxygen atoms in total. The summed E-state index contributed by atoms with van der Waals surface area (Å²) in [6.45, 7) is 3.95. The standard InChI is InChI=1S/C15H12N2O2/c1-12-6-5-9-15(16-10-18,17-11-19)14(12)13-7-3-2-4-8-13/h2-7H,1,8-9H2. The molecule has 0 radical (unpaired) electrons. The van der Waals surface area contributed by atoms with Crippen molar-refractivity contribution in [2.45, 2.75) is 18.5 Å². The van der Waals surface area contributed by atoms with Crippen LogP contribution < -0.4 is 0 Å². The molecular formula is C15H12N2O2. The van der Waals surface area contributed by atoms with Gasteiger partial charge in [-0.05, 0) is 17.6 Å². The lowest BCUT2D eigenvalue weighted by atomic mass is 9.81. The zero-order chi connectivity index (χ0) is 13.7. The monoisotopic (exact) mass is 252 g/mol. The van der Waals surface area contributed by atoms with Crippen LogP contribution in [0.1, 0.15) is 12.8 Å². The van der Waals surface area contributed by atoms with Crippen LogP contribution in [0.25, 0.3) is 0 Å². The van der Waals surface area contributed by atoms with Crippen LogP contribution in [0.2, 0.25) is 0 Å². The summed E-state index contributed by atoms with van der Waals surface area (Å²) in [7, 11) is 0. The normalized spacial score (nSPS) is 28.7. The fourth-order valence-corrected chi connectivity index (χ4v) is 2.35. The lowest BCUT2D eigenvalue weighted by Gasteiger charge is -2.30. The van der Waals surface area contributed by atoms with Gasteiger partial charge >= 0.3 is 0 Å². The Morgan fingerprint density at radius 2 is 1.84 bits per heavy atom. The minimum Gasteiger partial charge on any atom is -0.211 e. The van der Waals surface area contributed by atoms with Gasteiger partial charge in [0.2, 0.25) is 17.8 Å². The van der Waals surface area contributed by atoms with Crippen LogP contribution in [-0.4, -0.2) is 17.8 Å². The Kier molecular flexibility index (Phi) is 3.67. The van der Waals surface area contributed by atoms with E-state index in [0.29, 0.717) is 24.0 Å². The van der Waals surface area contributed by atoms with E-state index in [9.17, 15) is 9.59 Å². The Morgan fingerprint density at radius 1 is 1.11 bits per heavy atom. The lowest BCUT2D eigenvalue weighted by Crippen LogP contribution is -2.30. The first-order chi connectivity index (χ1) is 9.23. The molecule has 19 heavy (non-hydrogen) atoms. The average Bonchev–Trinajstić information content (AvgIpc) is 2.40. The van der Waals surface area contributed by atoms with E-state index in [1.807, 2.05) is 30.4 Å². The van der Waals surface area contributed by atoms with E-state index in [1.54, 1.807) is 6.08 Å². The highest BCUT2D eigenvalue weighted by Gasteiger charge is 2.38. The van der Waals surface area contributed by atoms with Crippen molar-refractivity contribution < 1.29 is 9.59 Å². The molecule has 0 saturated heterocycles. The van der Waals surface area contributed by atoms with Crippen molar-refractivity contribution in [2.24, 2.45) is 9.98 Å². The Bertz CT molecular complexity index is 605. The molecule has 0 bridgehead atoms. The molecule has 0 amide bonds. The van der Waals surface area contributed by atoms with Crippen LogP contribution in [0, 0.1) is 0 Å². The number of rotatable bonds is 2. The first-order valence-corrected chi connectivity index (χ1v) is 5.84. The Labute approximate surface area is 111 Å². The van der Waals surface area contributed by atoms with Gasteiger partial charge < -0.3 is 0 Å². The van der Waals surface area contributed by atoms with E-state index >= 15 is 0 Å². The SMILES string of the molecule is C=C1C=CCC(N=C=O)(N=C=O)C1=C1C=CC=CC1. The van der Waals surface area contributed by atoms with Crippen LogP contribution in [0.5, 0.6) is 0 Å². The topological polar surface area (TPSA) is 58.9 Å². The van der Waals surface area contributed by atoms with Crippen LogP contribution in [0.4, 0.5) is 0 Å². The fourth-order valence-electron chi connectivity index (χ4n) is 2.35. The van der Waals surface area contributed by atoms with E-state index in [4.69, 9.17) is 0 Å². The lowest BCUT2D eigenvalue weighted by molar-refractivity contribution is 0.496. The second kappa shape index (κ2) is 5.40. The highest BCUT2D eigenvalue weighted by atomic mass is 16.1. The van der Waals surface area contributed by atoms with Crippen molar-refractivity contribution in [3.63, 3.8) is 0 Å². The zero-order valence-electron chi connectivity index (χ0n) is 10.3. The van der Waals surface area contributed by atoms with Crippen molar-refractivity contribution >= 4 is 12.2 Å². The van der Waals surface area contributed by atoms with Crippen LogP contribution in [0.15, 0.2) is 69.7 Å². The Morgan fingerprint density at radius 3 is 2.42 bits per heavy atom. The van der Waals surface area contributed by atoms with E-state index in [2.05, 4.69) is 16.6 Å². The highest BCUT2D eigenvalue weighted by molar-refractivity contribution is 5.58. The van der Waals surface area contributed by atoms with Gasteiger partial charge in [0.25, 0.3) is 0 Å². The zero-order valence-corrected chi connectivity index (χ0v) is 10.3. The molecule has 94 valence electrons. The van der Waals surface area contributed by atoms with Gasteiger partial charge in [0.15, 0.2) is 0 Å². The van der Waals surface area contributed by atoms with Crippen molar-refractivity contribution in [1.82, 2.24) is 0 Å². The molecule has 0 aliphatic heterocycles. The van der Waals surface area contributed by atoms with Crippen molar-refractivity contribution in [3.05, 3.63) is 59.8 Å². The largest absolute Gasteiger partial charge is 0.237 e. The van der Waals surface area contributed by atoms with Gasteiger partial charge in [0.1, 0.15) is 0 Å². The van der Waals surface area contributed by atoms with Crippen LogP contribution >= 0.6 is 0 Å². The smallest absolute Gasteiger partial charge is 0.211 e. The third kappa shape index (κ3) is 2.36. The second-order valence-electron chi connectivity index (χ2n) is 4.25. The Balaban J connectivity index is 2.69. The van der Waals surface area contributed by atoms with Gasteiger partial charge in [0, 0.05) is 12.0 Å². The molecule has 0 heterocycles. The van der Waals surface area contributed by atoms with Gasteiger partial charge in [-0.25, -0.2) is 9.59 Å². The molecule has 2 aliphatic rings. The summed E-state index contributed by atoms with van der Waals surface area (Å²) in [5.74, 6) is 0. The summed E-state index contributed by atoms with van der Waals surface area (Å²) in [4.78, 5) is 28.9. The predicted octanol–water partition coefficient (Wildman–Crippen LogP) is 2.68. The molecule has 0 spiro atoms. The third-order valence-electron chi connectivity index (χ3n) is 3.11. The molecule has 0 saturated carbocycles. The molecule has 0 atom stereocenters. The highest BCUT2D eigenvalue weighted by Crippen LogP contribution is 2.40. The number of hydrogen-bond acceptors (Lipinski definition) is 4. The maximum atomic E-state index is 10.7. The number of allylic oxidation sites excluding steroid dienone is 6. The molecule has 2 aliphatic carbocycles. The van der Waals surface area contributed by atoms with Gasteiger partial charge in [-0.3, -0.25) is 0 Å². The molecule has 0 fully saturated rings. The first-order valence-electron chi connectivity index (χ1n) is 5.84. The minimum absolute atomic E-state index is 0.326. The number of nitrogens with zero attached hydrogens (tertiary/aromatic N) is 2. The van der Waals surface area contributed by atoms with Gasteiger partial charge in [-0.2, -0.15) is 9.98 Å². The predicted molar refractivity (Wildman–Crippen MR) is 71.8 cm³/mol. The van der Waals surface area contributed by atoms with E-state index < -0.39 is 5.66 Å². The number of isocyanates is 2. The molecular weight excluding hydrogens is 240 g/mol. The van der Waals surface area contributed by atoms with Gasteiger partial charge in [0.05, 0.1) is 0 Å². The number of carbonyl (C=O) groups excluding carboxylic acids is 2. The summed E-state index contributed by atoms with van der Waals surface area (Å²) >= 11 is 0. The van der Waals surface area contributed by atoms with Crippen molar-refractivity contribution in [2.75, 3.05) is 0 Å². The maximum absolute atomic E-state index is 10.7. The maximum Gasteiger partial charge on any atom is 0.237 e. The summed E-state index contributed by atoms with van der Waals surface area (Å²) in [6.07, 6.45) is 15.4. The first kappa shape index (κ1) is 12.9. The van der Waals surface area contributed by atoms with Gasteiger partial charge in [-0.1, -0.05) is 43.0 Å². The van der Waals surface area contributed by atoms with Crippen LogP contribution in [0.3, 0.4) is 0 Å². The molecule has 0 aromatic heterocycles. The summed E-state index contributed by atoms with van der Waals surface area (Å²) in [5.41, 5.74) is 1.05. The van der Waals surface area contributed by atoms with Crippen LogP contribution in [-0.2, 0) is 9.59 Å². The molecule has 0 unspecified atom stereocenters. The molecule has 0 N–H and O–H groups in total. The summed E-state index contributed by atoms with van der Waals surface area (Å²) in [5, 5.41) is 0. The van der Waals surface area contributed by atoms with E-state index in [-0.39, 0.29) is 0 Å². The van der Waals surface area contributed by atoms with Gasteiger partial charge in [-0.15, -0.1) is 0 Å². The number of hydrogen-bond donors (Lipinski definition) is 0. The van der Waals surface area contributed by atoms with Crippen molar-refractivity contribution in [1.29, 1.82) is 0 Å². The fraction of sp³-hybridized carbons (Fsp3) is 0.200. The number of aliphatic imine (C=N–C) groups is 2. The molecule has 4 heteroatoms. The third-order valence-corrected chi connectivity index (χ3v) is 3.11.